The molecule has 7 nitrogen and oxygen atoms in total. The molecule has 0 unspecified atom stereocenters. The molecule has 0 aliphatic carbocycles. The van der Waals surface area contributed by atoms with Crippen molar-refractivity contribution in [3.8, 4) is 5.75 Å². The lowest BCUT2D eigenvalue weighted by Crippen LogP contribution is -2.32. The Hall–Kier alpha value is -3.30. The number of carbonyl (C=O) groups is 3. The Balaban J connectivity index is 1.66. The van der Waals surface area contributed by atoms with Crippen molar-refractivity contribution in [1.82, 2.24) is 5.43 Å². The largest absolute Gasteiger partial charge is 0.422 e. The molecule has 0 saturated heterocycles. The third-order valence-electron chi connectivity index (χ3n) is 4.11. The van der Waals surface area contributed by atoms with Crippen molar-refractivity contribution < 1.29 is 19.1 Å². The molecule has 3 aromatic rings. The maximum absolute atomic E-state index is 12.5. The Morgan fingerprint density at radius 3 is 2.34 bits per heavy atom. The average molecular weight is 559 g/mol. The minimum atomic E-state index is -0.947. The van der Waals surface area contributed by atoms with Crippen molar-refractivity contribution in [2.45, 2.75) is 6.92 Å². The van der Waals surface area contributed by atoms with E-state index in [9.17, 15) is 14.4 Å². The van der Waals surface area contributed by atoms with Gasteiger partial charge in [-0.15, -0.1) is 0 Å². The van der Waals surface area contributed by atoms with Gasteiger partial charge in [0.2, 0.25) is 0 Å². The van der Waals surface area contributed by atoms with Crippen LogP contribution in [0, 0.1) is 6.92 Å². The highest BCUT2D eigenvalue weighted by molar-refractivity contribution is 9.10. The lowest BCUT2D eigenvalue weighted by Gasteiger charge is -2.08. The smallest absolute Gasteiger partial charge is 0.343 e. The second-order valence-electron chi connectivity index (χ2n) is 6.60. The summed E-state index contributed by atoms with van der Waals surface area (Å²) in [5, 5.41) is 6.27. The number of nitrogens with zero attached hydrogens (tertiary/aromatic N) is 1. The summed E-state index contributed by atoms with van der Waals surface area (Å²) in [7, 11) is 0. The van der Waals surface area contributed by atoms with E-state index in [1.165, 1.54) is 6.21 Å². The molecule has 0 bridgehead atoms. The van der Waals surface area contributed by atoms with E-state index in [1.54, 1.807) is 60.7 Å². The third kappa shape index (κ3) is 6.60. The molecular weight excluding hydrogens is 542 g/mol. The predicted octanol–water partition coefficient (Wildman–Crippen LogP) is 4.83. The van der Waals surface area contributed by atoms with Gasteiger partial charge in [0.15, 0.2) is 0 Å². The van der Waals surface area contributed by atoms with Crippen LogP contribution in [0.15, 0.2) is 80.8 Å². The molecule has 0 saturated carbocycles. The van der Waals surface area contributed by atoms with E-state index in [0.29, 0.717) is 21.3 Å². The lowest BCUT2D eigenvalue weighted by molar-refractivity contribution is -0.136. The van der Waals surface area contributed by atoms with Crippen molar-refractivity contribution in [1.29, 1.82) is 0 Å². The first-order valence-corrected chi connectivity index (χ1v) is 10.9. The minimum absolute atomic E-state index is 0.247. The van der Waals surface area contributed by atoms with Gasteiger partial charge in [0.1, 0.15) is 5.75 Å². The quantitative estimate of drug-likeness (QED) is 0.154. The number of halogens is 2. The highest BCUT2D eigenvalue weighted by Crippen LogP contribution is 2.23. The van der Waals surface area contributed by atoms with Gasteiger partial charge >= 0.3 is 17.8 Å². The van der Waals surface area contributed by atoms with Crippen LogP contribution in [0.3, 0.4) is 0 Å². The molecule has 0 aliphatic rings. The van der Waals surface area contributed by atoms with Gasteiger partial charge < -0.3 is 10.1 Å². The summed E-state index contributed by atoms with van der Waals surface area (Å²) in [5.74, 6) is -2.09. The number of esters is 1. The Kier molecular flexibility index (Phi) is 7.91. The maximum atomic E-state index is 12.5. The molecule has 2 amide bonds. The molecule has 0 radical (unpaired) electrons. The van der Waals surface area contributed by atoms with Crippen LogP contribution < -0.4 is 15.5 Å². The fraction of sp³-hybridized carbons (Fsp3) is 0.0435. The normalized spacial score (nSPS) is 10.6. The number of hydrogen-bond acceptors (Lipinski definition) is 5. The first kappa shape index (κ1) is 23.4. The fourth-order valence-corrected chi connectivity index (χ4v) is 3.22. The zero-order valence-corrected chi connectivity index (χ0v) is 19.9. The number of anilines is 1. The first-order chi connectivity index (χ1) is 15.3. The first-order valence-electron chi connectivity index (χ1n) is 9.30. The van der Waals surface area contributed by atoms with Gasteiger partial charge in [0.05, 0.1) is 11.8 Å². The van der Waals surface area contributed by atoms with Crippen LogP contribution >= 0.6 is 31.9 Å². The van der Waals surface area contributed by atoms with Crippen LogP contribution in [0.1, 0.15) is 21.5 Å². The molecule has 0 atom stereocenters. The number of amides is 2. The van der Waals surface area contributed by atoms with Gasteiger partial charge in [-0.2, -0.15) is 5.10 Å². The Bertz CT molecular complexity index is 1190. The number of hydrogen-bond donors (Lipinski definition) is 2. The van der Waals surface area contributed by atoms with Crippen molar-refractivity contribution in [2.24, 2.45) is 5.10 Å². The third-order valence-corrected chi connectivity index (χ3v) is 5.13. The number of aryl methyl sites for hydroxylation is 1. The Morgan fingerprint density at radius 1 is 0.906 bits per heavy atom. The summed E-state index contributed by atoms with van der Waals surface area (Å²) in [5.41, 5.74) is 4.39. The second-order valence-corrected chi connectivity index (χ2v) is 8.43. The summed E-state index contributed by atoms with van der Waals surface area (Å²) in [6.07, 6.45) is 1.29. The molecule has 0 fully saturated rings. The maximum Gasteiger partial charge on any atom is 0.343 e. The van der Waals surface area contributed by atoms with Crippen LogP contribution in [0.4, 0.5) is 5.69 Å². The predicted molar refractivity (Wildman–Crippen MR) is 129 cm³/mol. The van der Waals surface area contributed by atoms with Crippen LogP contribution in [-0.2, 0) is 9.59 Å². The molecule has 2 N–H and O–H groups in total. The van der Waals surface area contributed by atoms with Crippen LogP contribution in [0.2, 0.25) is 0 Å². The van der Waals surface area contributed by atoms with E-state index in [0.717, 1.165) is 10.0 Å². The van der Waals surface area contributed by atoms with E-state index in [2.05, 4.69) is 47.7 Å². The van der Waals surface area contributed by atoms with Gasteiger partial charge in [0.25, 0.3) is 0 Å². The van der Waals surface area contributed by atoms with Crippen molar-refractivity contribution in [3.05, 3.63) is 92.4 Å². The van der Waals surface area contributed by atoms with E-state index in [-0.39, 0.29) is 5.75 Å². The summed E-state index contributed by atoms with van der Waals surface area (Å²) in [6.45, 7) is 1.88. The fourth-order valence-electron chi connectivity index (χ4n) is 2.58. The molecule has 0 aliphatic heterocycles. The monoisotopic (exact) mass is 557 g/mol. The van der Waals surface area contributed by atoms with Crippen LogP contribution in [0.25, 0.3) is 0 Å². The molecule has 0 aromatic heterocycles. The highest BCUT2D eigenvalue weighted by Gasteiger charge is 2.14. The zero-order chi connectivity index (χ0) is 23.1. The summed E-state index contributed by atoms with van der Waals surface area (Å²) in [6, 6.07) is 18.8. The van der Waals surface area contributed by atoms with Crippen LogP contribution in [0.5, 0.6) is 5.75 Å². The van der Waals surface area contributed by atoms with Gasteiger partial charge in [-0.25, -0.2) is 10.2 Å². The summed E-state index contributed by atoms with van der Waals surface area (Å²) < 4.78 is 7.05. The number of benzene rings is 3. The van der Waals surface area contributed by atoms with Gasteiger partial charge in [0, 0.05) is 20.2 Å². The van der Waals surface area contributed by atoms with E-state index >= 15 is 0 Å². The number of hydrazone groups is 1. The van der Waals surface area contributed by atoms with Crippen molar-refractivity contribution >= 4 is 61.5 Å². The SMILES string of the molecule is Cc1cccc(C(=O)Oc2ccc(Br)cc2/C=N/NC(=O)C(=O)Nc2ccc(Br)cc2)c1. The molecular formula is C23H17Br2N3O4. The van der Waals surface area contributed by atoms with E-state index in [4.69, 9.17) is 4.74 Å². The number of nitrogens with one attached hydrogen (secondary N) is 2. The topological polar surface area (TPSA) is 96.9 Å². The molecule has 3 aromatic carbocycles. The lowest BCUT2D eigenvalue weighted by atomic mass is 10.1. The molecule has 32 heavy (non-hydrogen) atoms. The Labute approximate surface area is 201 Å². The van der Waals surface area contributed by atoms with Crippen LogP contribution in [-0.4, -0.2) is 24.0 Å². The molecule has 0 heterocycles. The number of ether oxygens (including phenoxy) is 1. The summed E-state index contributed by atoms with van der Waals surface area (Å²) in [4.78, 5) is 36.5. The molecule has 3 rings (SSSR count). The average Bonchev–Trinajstić information content (AvgIpc) is 2.77. The molecule has 9 heteroatoms. The molecule has 0 spiro atoms. The summed E-state index contributed by atoms with van der Waals surface area (Å²) >= 11 is 6.64. The van der Waals surface area contributed by atoms with Gasteiger partial charge in [-0.05, 0) is 61.5 Å². The number of carbonyl (C=O) groups excluding carboxylic acids is 3. The Morgan fingerprint density at radius 2 is 1.62 bits per heavy atom. The van der Waals surface area contributed by atoms with E-state index in [1.807, 2.05) is 13.0 Å². The van der Waals surface area contributed by atoms with E-state index < -0.39 is 17.8 Å². The standard InChI is InChI=1S/C23H17Br2N3O4/c1-14-3-2-4-15(11-14)23(31)32-20-10-7-18(25)12-16(20)13-26-28-22(30)21(29)27-19-8-5-17(24)6-9-19/h2-13H,1H3,(H,27,29)(H,28,30)/b26-13+. The highest BCUT2D eigenvalue weighted by atomic mass is 79.9. The second kappa shape index (κ2) is 10.8. The van der Waals surface area contributed by atoms with Crippen molar-refractivity contribution in [2.75, 3.05) is 5.32 Å². The van der Waals surface area contributed by atoms with Gasteiger partial charge in [-0.1, -0.05) is 49.6 Å². The zero-order valence-electron chi connectivity index (χ0n) is 16.8. The number of rotatable bonds is 5. The molecule has 162 valence electrons. The van der Waals surface area contributed by atoms with Crippen molar-refractivity contribution in [3.63, 3.8) is 0 Å². The van der Waals surface area contributed by atoms with Gasteiger partial charge in [-0.3, -0.25) is 9.59 Å². The minimum Gasteiger partial charge on any atom is -0.422 e.